The molecule has 6 heteroatoms. The fourth-order valence-corrected chi connectivity index (χ4v) is 5.45. The molecule has 0 aliphatic carbocycles. The molecule has 146 valence electrons. The van der Waals surface area contributed by atoms with Gasteiger partial charge in [-0.15, -0.1) is 0 Å². The maximum atomic E-state index is 13.1. The second-order valence-corrected chi connectivity index (χ2v) is 9.24. The van der Waals surface area contributed by atoms with Gasteiger partial charge in [0.2, 0.25) is 10.0 Å². The Morgan fingerprint density at radius 3 is 2.68 bits per heavy atom. The normalized spacial score (nSPS) is 18.2. The number of anilines is 1. The maximum Gasteiger partial charge on any atom is 0.243 e. The standard InChI is InChI=1S/C22H25N3O2S/c1-17-7-5-6-14-25(17)28(26,27)20-11-12-21-19(15-20)10-13-22(24-21)23-16-18-8-3-2-4-9-18/h2-4,8-13,15,17H,5-7,14,16H2,1H3,(H,23,24)/t17-/m0/s1. The van der Waals surface area contributed by atoms with Gasteiger partial charge in [-0.05, 0) is 55.7 Å². The van der Waals surface area contributed by atoms with E-state index < -0.39 is 10.0 Å². The lowest BCUT2D eigenvalue weighted by Crippen LogP contribution is -2.41. The Labute approximate surface area is 166 Å². The molecule has 0 saturated carbocycles. The number of fused-ring (bicyclic) bond motifs is 1. The molecule has 1 N–H and O–H groups in total. The van der Waals surface area contributed by atoms with Crippen LogP contribution in [0.4, 0.5) is 5.82 Å². The monoisotopic (exact) mass is 395 g/mol. The Morgan fingerprint density at radius 1 is 1.07 bits per heavy atom. The minimum absolute atomic E-state index is 0.0529. The minimum atomic E-state index is -3.47. The molecule has 1 atom stereocenters. The Balaban J connectivity index is 1.56. The van der Waals surface area contributed by atoms with Crippen molar-refractivity contribution in [3.05, 3.63) is 66.2 Å². The minimum Gasteiger partial charge on any atom is -0.366 e. The second kappa shape index (κ2) is 7.89. The quantitative estimate of drug-likeness (QED) is 0.695. The fraction of sp³-hybridized carbons (Fsp3) is 0.318. The van der Waals surface area contributed by atoms with Crippen molar-refractivity contribution in [3.8, 4) is 0 Å². The summed E-state index contributed by atoms with van der Waals surface area (Å²) in [6.45, 7) is 3.28. The highest BCUT2D eigenvalue weighted by Crippen LogP contribution is 2.27. The average molecular weight is 396 g/mol. The van der Waals surface area contributed by atoms with E-state index in [1.54, 1.807) is 22.5 Å². The summed E-state index contributed by atoms with van der Waals surface area (Å²) in [5.41, 5.74) is 1.96. The van der Waals surface area contributed by atoms with Gasteiger partial charge in [-0.2, -0.15) is 4.31 Å². The molecule has 0 amide bonds. The molecule has 0 bridgehead atoms. The first-order valence-electron chi connectivity index (χ1n) is 9.74. The topological polar surface area (TPSA) is 62.3 Å². The Kier molecular flexibility index (Phi) is 5.33. The van der Waals surface area contributed by atoms with Crippen molar-refractivity contribution < 1.29 is 8.42 Å². The molecule has 0 radical (unpaired) electrons. The third kappa shape index (κ3) is 3.88. The van der Waals surface area contributed by atoms with Gasteiger partial charge in [0, 0.05) is 24.5 Å². The molecular weight excluding hydrogens is 370 g/mol. The van der Waals surface area contributed by atoms with E-state index in [-0.39, 0.29) is 6.04 Å². The van der Waals surface area contributed by atoms with Crippen LogP contribution in [0.5, 0.6) is 0 Å². The zero-order valence-electron chi connectivity index (χ0n) is 16.0. The van der Waals surface area contributed by atoms with E-state index in [9.17, 15) is 8.42 Å². The van der Waals surface area contributed by atoms with Crippen molar-refractivity contribution in [3.63, 3.8) is 0 Å². The van der Waals surface area contributed by atoms with E-state index in [4.69, 9.17) is 0 Å². The van der Waals surface area contributed by atoms with Crippen molar-refractivity contribution in [2.24, 2.45) is 0 Å². The van der Waals surface area contributed by atoms with Crippen LogP contribution in [0.3, 0.4) is 0 Å². The average Bonchev–Trinajstić information content (AvgIpc) is 2.72. The summed E-state index contributed by atoms with van der Waals surface area (Å²) in [5.74, 6) is 0.775. The molecule has 0 unspecified atom stereocenters. The van der Waals surface area contributed by atoms with Gasteiger partial charge in [0.05, 0.1) is 10.4 Å². The third-order valence-corrected chi connectivity index (χ3v) is 7.34. The number of hydrogen-bond acceptors (Lipinski definition) is 4. The van der Waals surface area contributed by atoms with E-state index in [1.165, 1.54) is 5.56 Å². The molecule has 3 aromatic rings. The highest BCUT2D eigenvalue weighted by Gasteiger charge is 2.31. The highest BCUT2D eigenvalue weighted by atomic mass is 32.2. The van der Waals surface area contributed by atoms with Crippen LogP contribution in [0, 0.1) is 0 Å². The summed E-state index contributed by atoms with van der Waals surface area (Å²) in [6, 6.07) is 19.2. The molecule has 1 fully saturated rings. The van der Waals surface area contributed by atoms with Gasteiger partial charge in [-0.3, -0.25) is 0 Å². The van der Waals surface area contributed by atoms with E-state index in [2.05, 4.69) is 22.4 Å². The van der Waals surface area contributed by atoms with Gasteiger partial charge in [0.1, 0.15) is 5.82 Å². The van der Waals surface area contributed by atoms with Crippen LogP contribution < -0.4 is 5.32 Å². The molecule has 5 nitrogen and oxygen atoms in total. The van der Waals surface area contributed by atoms with Crippen molar-refractivity contribution in [2.75, 3.05) is 11.9 Å². The van der Waals surface area contributed by atoms with E-state index in [0.717, 1.165) is 36.0 Å². The molecular formula is C22H25N3O2S. The summed E-state index contributed by atoms with van der Waals surface area (Å²) in [6.07, 6.45) is 2.94. The van der Waals surface area contributed by atoms with E-state index in [0.29, 0.717) is 18.0 Å². The smallest absolute Gasteiger partial charge is 0.243 e. The zero-order valence-corrected chi connectivity index (χ0v) is 16.8. The van der Waals surface area contributed by atoms with Gasteiger partial charge >= 0.3 is 0 Å². The Morgan fingerprint density at radius 2 is 1.89 bits per heavy atom. The summed E-state index contributed by atoms with van der Waals surface area (Å²) in [4.78, 5) is 4.97. The Bertz CT molecular complexity index is 1070. The predicted octanol–water partition coefficient (Wildman–Crippen LogP) is 4.41. The molecule has 1 aromatic heterocycles. The number of benzene rings is 2. The molecule has 28 heavy (non-hydrogen) atoms. The zero-order chi connectivity index (χ0) is 19.6. The maximum absolute atomic E-state index is 13.1. The largest absolute Gasteiger partial charge is 0.366 e. The number of piperidine rings is 1. The summed E-state index contributed by atoms with van der Waals surface area (Å²) in [5, 5.41) is 4.15. The molecule has 0 spiro atoms. The van der Waals surface area contributed by atoms with Gasteiger partial charge in [-0.25, -0.2) is 13.4 Å². The van der Waals surface area contributed by atoms with Gasteiger partial charge < -0.3 is 5.32 Å². The van der Waals surface area contributed by atoms with Crippen LogP contribution in [0.1, 0.15) is 31.7 Å². The molecule has 1 aliphatic rings. The summed E-state index contributed by atoms with van der Waals surface area (Å²) in [7, 11) is -3.47. The summed E-state index contributed by atoms with van der Waals surface area (Å²) >= 11 is 0. The second-order valence-electron chi connectivity index (χ2n) is 7.35. The van der Waals surface area contributed by atoms with Crippen LogP contribution in [-0.2, 0) is 16.6 Å². The van der Waals surface area contributed by atoms with Gasteiger partial charge in [0.25, 0.3) is 0 Å². The van der Waals surface area contributed by atoms with Crippen LogP contribution in [-0.4, -0.2) is 30.3 Å². The number of sulfonamides is 1. The number of hydrogen-bond donors (Lipinski definition) is 1. The van der Waals surface area contributed by atoms with Crippen molar-refractivity contribution in [1.82, 2.24) is 9.29 Å². The first-order valence-corrected chi connectivity index (χ1v) is 11.2. The van der Waals surface area contributed by atoms with Gasteiger partial charge in [-0.1, -0.05) is 36.8 Å². The molecule has 2 heterocycles. The molecule has 4 rings (SSSR count). The number of rotatable bonds is 5. The number of pyridine rings is 1. The molecule has 1 aliphatic heterocycles. The van der Waals surface area contributed by atoms with Gasteiger partial charge in [0.15, 0.2) is 0 Å². The first kappa shape index (κ1) is 18.9. The van der Waals surface area contributed by atoms with Crippen molar-refractivity contribution in [1.29, 1.82) is 0 Å². The van der Waals surface area contributed by atoms with Crippen LogP contribution in [0.25, 0.3) is 10.9 Å². The first-order chi connectivity index (χ1) is 13.5. The molecule has 2 aromatic carbocycles. The fourth-order valence-electron chi connectivity index (χ4n) is 3.72. The van der Waals surface area contributed by atoms with E-state index >= 15 is 0 Å². The number of nitrogens with zero attached hydrogens (tertiary/aromatic N) is 2. The lowest BCUT2D eigenvalue weighted by atomic mass is 10.1. The van der Waals surface area contributed by atoms with Crippen LogP contribution >= 0.6 is 0 Å². The number of aromatic nitrogens is 1. The van der Waals surface area contributed by atoms with E-state index in [1.807, 2.05) is 37.3 Å². The van der Waals surface area contributed by atoms with Crippen molar-refractivity contribution >= 4 is 26.7 Å². The number of nitrogens with one attached hydrogen (secondary N) is 1. The lowest BCUT2D eigenvalue weighted by Gasteiger charge is -2.32. The predicted molar refractivity (Wildman–Crippen MR) is 113 cm³/mol. The highest BCUT2D eigenvalue weighted by molar-refractivity contribution is 7.89. The van der Waals surface area contributed by atoms with Crippen molar-refractivity contribution in [2.45, 2.75) is 43.7 Å². The Hall–Kier alpha value is -2.44. The van der Waals surface area contributed by atoms with Crippen LogP contribution in [0.2, 0.25) is 0 Å². The third-order valence-electron chi connectivity index (χ3n) is 5.33. The SMILES string of the molecule is C[C@H]1CCCCN1S(=O)(=O)c1ccc2nc(NCc3ccccc3)ccc2c1. The molecule has 1 saturated heterocycles. The lowest BCUT2D eigenvalue weighted by molar-refractivity contribution is 0.268. The summed E-state index contributed by atoms with van der Waals surface area (Å²) < 4.78 is 27.8. The van der Waals surface area contributed by atoms with Crippen LogP contribution in [0.15, 0.2) is 65.6 Å².